The molecular weight excluding hydrogens is 1230 g/mol. The van der Waals surface area contributed by atoms with Crippen molar-refractivity contribution in [3.8, 4) is 0 Å². The largest absolute Gasteiger partial charge is 0.501 e. The van der Waals surface area contributed by atoms with E-state index in [1.165, 1.54) is 40.6 Å². The maximum absolute atomic E-state index is 14.5. The summed E-state index contributed by atoms with van der Waals surface area (Å²) in [6.07, 6.45) is 4.42. The molecule has 25 heteroatoms. The number of rotatable bonds is 27. The molecule has 5 aromatic carbocycles. The number of likely N-dealkylation sites (N-methyl/N-ethyl adjacent to an activating group) is 1. The second kappa shape index (κ2) is 29.1. The SMILES string of the molecule is CN(CCOCCOCCCc1cccc2c1C(=O)N(C1CCC(=O)NC1=O)C2=O)CC[C@H](CSc1ccccc1)Nc1ccc(S(=O)(=O)NC(=O)c2ccc(N3CCN(CC4=C(c5ccc(Cl)cc5)CCC(C)(C)C4)CC3)cc2)cc1S(=O)(=O)C(F)(F)F. The summed E-state index contributed by atoms with van der Waals surface area (Å²) in [6, 6.07) is 29.2. The Kier molecular flexibility index (Phi) is 21.8. The van der Waals surface area contributed by atoms with Crippen LogP contribution in [0.4, 0.5) is 24.5 Å². The van der Waals surface area contributed by atoms with Crippen LogP contribution in [-0.4, -0.2) is 164 Å². The Morgan fingerprint density at radius 2 is 1.54 bits per heavy atom. The zero-order chi connectivity index (χ0) is 63.7. The summed E-state index contributed by atoms with van der Waals surface area (Å²) >= 11 is 7.60. The van der Waals surface area contributed by atoms with Crippen molar-refractivity contribution in [2.24, 2.45) is 5.41 Å². The number of nitrogens with zero attached hydrogens (tertiary/aromatic N) is 4. The number of halogens is 4. The van der Waals surface area contributed by atoms with Crippen molar-refractivity contribution in [3.63, 3.8) is 0 Å². The third-order valence-corrected chi connectivity index (χ3v) is 20.7. The summed E-state index contributed by atoms with van der Waals surface area (Å²) in [6.45, 7) is 10.4. The molecule has 1 aliphatic carbocycles. The van der Waals surface area contributed by atoms with Crippen molar-refractivity contribution in [1.82, 2.24) is 24.7 Å². The van der Waals surface area contributed by atoms with E-state index in [9.17, 15) is 54.0 Å². The maximum Gasteiger partial charge on any atom is 0.501 e. The Morgan fingerprint density at radius 3 is 2.24 bits per heavy atom. The van der Waals surface area contributed by atoms with Crippen molar-refractivity contribution in [2.75, 3.05) is 95.3 Å². The van der Waals surface area contributed by atoms with Gasteiger partial charge in [0.05, 0.1) is 41.5 Å². The van der Waals surface area contributed by atoms with Crippen LogP contribution >= 0.6 is 23.4 Å². The molecule has 5 aromatic rings. The highest BCUT2D eigenvalue weighted by Crippen LogP contribution is 2.43. The molecule has 0 saturated carbocycles. The van der Waals surface area contributed by atoms with Crippen LogP contribution in [0, 0.1) is 5.41 Å². The minimum atomic E-state index is -6.16. The molecule has 4 aliphatic rings. The smallest absolute Gasteiger partial charge is 0.380 e. The zero-order valence-electron chi connectivity index (χ0n) is 49.8. The normalized spacial score (nSPS) is 17.9. The Balaban J connectivity index is 0.762. The van der Waals surface area contributed by atoms with Crippen LogP contribution in [0.2, 0.25) is 5.02 Å². The fourth-order valence-electron chi connectivity index (χ4n) is 11.5. The van der Waals surface area contributed by atoms with Crippen molar-refractivity contribution in [1.29, 1.82) is 0 Å². The van der Waals surface area contributed by atoms with Gasteiger partial charge in [0.1, 0.15) is 10.9 Å². The lowest BCUT2D eigenvalue weighted by Gasteiger charge is -2.39. The number of allylic oxidation sites excluding steroid dienone is 1. The van der Waals surface area contributed by atoms with Gasteiger partial charge in [-0.2, -0.15) is 13.2 Å². The Labute approximate surface area is 526 Å². The molecular formula is C64H73ClF3N7O11S3. The fraction of sp³-hybridized carbons (Fsp3) is 0.422. The highest BCUT2D eigenvalue weighted by Gasteiger charge is 2.49. The quantitative estimate of drug-likeness (QED) is 0.0253. The number of imide groups is 2. The predicted octanol–water partition coefficient (Wildman–Crippen LogP) is 9.50. The van der Waals surface area contributed by atoms with Crippen molar-refractivity contribution < 1.29 is 63.5 Å². The van der Waals surface area contributed by atoms with Gasteiger partial charge in [-0.3, -0.25) is 39.1 Å². The molecule has 89 heavy (non-hydrogen) atoms. The summed E-state index contributed by atoms with van der Waals surface area (Å²) < 4.78 is 111. The maximum atomic E-state index is 14.5. The number of piperidine rings is 1. The second-order valence-corrected chi connectivity index (χ2v) is 28.6. The third kappa shape index (κ3) is 16.9. The van der Waals surface area contributed by atoms with Gasteiger partial charge in [0.15, 0.2) is 0 Å². The first-order chi connectivity index (χ1) is 42.4. The van der Waals surface area contributed by atoms with Crippen LogP contribution in [-0.2, 0) is 45.3 Å². The van der Waals surface area contributed by atoms with Gasteiger partial charge in [-0.05, 0) is 153 Å². The predicted molar refractivity (Wildman–Crippen MR) is 335 cm³/mol. The van der Waals surface area contributed by atoms with E-state index in [-0.39, 0.29) is 53.9 Å². The Morgan fingerprint density at radius 1 is 0.831 bits per heavy atom. The van der Waals surface area contributed by atoms with Gasteiger partial charge >= 0.3 is 5.51 Å². The molecule has 3 N–H and O–H groups in total. The molecule has 1 unspecified atom stereocenters. The number of anilines is 2. The molecule has 5 amide bonds. The van der Waals surface area contributed by atoms with Crippen LogP contribution in [0.3, 0.4) is 0 Å². The van der Waals surface area contributed by atoms with Gasteiger partial charge in [-0.25, -0.2) is 21.6 Å². The van der Waals surface area contributed by atoms with E-state index >= 15 is 0 Å². The summed E-state index contributed by atoms with van der Waals surface area (Å²) in [5.74, 6) is -3.07. The minimum Gasteiger partial charge on any atom is -0.380 e. The average Bonchev–Trinajstić information content (AvgIpc) is 1.98. The Bertz CT molecular complexity index is 3660. The van der Waals surface area contributed by atoms with E-state index in [1.807, 2.05) is 59.1 Å². The van der Waals surface area contributed by atoms with Gasteiger partial charge in [0.25, 0.3) is 37.6 Å². The van der Waals surface area contributed by atoms with Crippen molar-refractivity contribution >= 4 is 89.7 Å². The van der Waals surface area contributed by atoms with Gasteiger partial charge in [-0.15, -0.1) is 11.8 Å². The molecule has 9 rings (SSSR count). The standard InChI is InChI=1S/C64H73ClF3N7O11S3/c1-63(2)28-26-52(43-14-18-47(65)19-15-43)46(40-63)41-73-30-32-74(33-31-73)49-20-16-45(17-21-49)59(77)71-89(83,84)51-22-23-54(56(39-51)88(81,82)64(66,67)68)69-48(42-87-50-11-5-4-6-12-50)27-29-72(3)34-36-86-38-37-85-35-8-10-44-9-7-13-53-58(44)62(80)75(61(53)79)55-24-25-57(76)70-60(55)78/h4-7,9,11-23,39,48,55,69H,8,10,24-38,40-42H2,1-3H3,(H,71,77)(H,70,76,78)/t48-,55?/m1/s1. The molecule has 2 saturated heterocycles. The molecule has 0 bridgehead atoms. The highest BCUT2D eigenvalue weighted by atomic mass is 35.5. The molecule has 3 heterocycles. The fourth-order valence-corrected chi connectivity index (χ4v) is 14.7. The molecule has 0 spiro atoms. The number of ether oxygens (including phenoxy) is 2. The second-order valence-electron chi connectivity index (χ2n) is 23.5. The van der Waals surface area contributed by atoms with Crippen LogP contribution in [0.1, 0.15) is 101 Å². The number of amides is 5. The average molecular weight is 1300 g/mol. The van der Waals surface area contributed by atoms with E-state index in [0.717, 1.165) is 66.5 Å². The van der Waals surface area contributed by atoms with Crippen LogP contribution < -0.4 is 20.3 Å². The monoisotopic (exact) mass is 1300 g/mol. The molecule has 2 atom stereocenters. The number of hydrogen-bond acceptors (Lipinski definition) is 16. The minimum absolute atomic E-state index is 0.0209. The van der Waals surface area contributed by atoms with Crippen LogP contribution in [0.5, 0.6) is 0 Å². The number of aryl methyl sites for hydroxylation is 1. The van der Waals surface area contributed by atoms with E-state index in [2.05, 4.69) is 46.4 Å². The summed E-state index contributed by atoms with van der Waals surface area (Å²) in [7, 11) is -9.26. The number of fused-ring (bicyclic) bond motifs is 1. The lowest BCUT2D eigenvalue weighted by Crippen LogP contribution is -2.54. The number of carbonyl (C=O) groups excluding carboxylic acids is 5. The van der Waals surface area contributed by atoms with E-state index in [0.29, 0.717) is 75.3 Å². The summed E-state index contributed by atoms with van der Waals surface area (Å²) in [5.41, 5.74) is -0.208. The molecule has 476 valence electrons. The van der Waals surface area contributed by atoms with Crippen molar-refractivity contribution in [3.05, 3.63) is 154 Å². The molecule has 0 aromatic heterocycles. The number of sulfonamides is 1. The van der Waals surface area contributed by atoms with E-state index in [4.69, 9.17) is 21.1 Å². The number of benzene rings is 5. The molecule has 0 radical (unpaired) electrons. The molecule has 3 aliphatic heterocycles. The number of thioether (sulfide) groups is 1. The van der Waals surface area contributed by atoms with Crippen LogP contribution in [0.25, 0.3) is 5.57 Å². The lowest BCUT2D eigenvalue weighted by atomic mass is 9.73. The first-order valence-electron chi connectivity index (χ1n) is 29.6. The van der Waals surface area contributed by atoms with Gasteiger partial charge in [0, 0.05) is 85.3 Å². The number of sulfone groups is 1. The van der Waals surface area contributed by atoms with Crippen LogP contribution in [0.15, 0.2) is 136 Å². The first-order valence-corrected chi connectivity index (χ1v) is 33.9. The number of alkyl halides is 3. The molecule has 2 fully saturated rings. The number of carbonyl (C=O) groups is 5. The van der Waals surface area contributed by atoms with E-state index < -0.39 is 82.5 Å². The number of hydrogen-bond donors (Lipinski definition) is 3. The van der Waals surface area contributed by atoms with E-state index in [1.54, 1.807) is 30.3 Å². The van der Waals surface area contributed by atoms with Gasteiger partial charge < -0.3 is 24.6 Å². The number of nitrogens with one attached hydrogen (secondary N) is 3. The summed E-state index contributed by atoms with van der Waals surface area (Å²) in [5, 5.41) is 5.88. The molecule has 18 nitrogen and oxygen atoms in total. The topological polar surface area (TPSA) is 221 Å². The lowest BCUT2D eigenvalue weighted by molar-refractivity contribution is -0.136. The highest BCUT2D eigenvalue weighted by molar-refractivity contribution is 7.99. The van der Waals surface area contributed by atoms with Gasteiger partial charge in [-0.1, -0.05) is 73.5 Å². The van der Waals surface area contributed by atoms with Gasteiger partial charge in [0.2, 0.25) is 11.8 Å². The number of piperazine rings is 1. The zero-order valence-corrected chi connectivity index (χ0v) is 53.0. The summed E-state index contributed by atoms with van der Waals surface area (Å²) in [4.78, 5) is 70.5. The third-order valence-electron chi connectivity index (χ3n) is 16.4. The Hall–Kier alpha value is -6.64. The first kappa shape index (κ1) is 66.8. The van der Waals surface area contributed by atoms with Crippen molar-refractivity contribution in [2.45, 2.75) is 97.5 Å².